The molecular weight excluding hydrogens is 472 g/mol. The smallest absolute Gasteiger partial charge is 0.234 e. The minimum absolute atomic E-state index is 0.147. The van der Waals surface area contributed by atoms with E-state index in [-0.39, 0.29) is 11.7 Å². The van der Waals surface area contributed by atoms with Crippen LogP contribution in [0.2, 0.25) is 5.02 Å². The summed E-state index contributed by atoms with van der Waals surface area (Å²) in [4.78, 5) is 12.6. The number of nitrogens with one attached hydrogen (secondary N) is 1. The lowest BCUT2D eigenvalue weighted by atomic mass is 10.0. The Morgan fingerprint density at radius 1 is 1.12 bits per heavy atom. The second-order valence-electron chi connectivity index (χ2n) is 7.83. The summed E-state index contributed by atoms with van der Waals surface area (Å²) in [7, 11) is 1.54. The maximum Gasteiger partial charge on any atom is 0.234 e. The zero-order valence-electron chi connectivity index (χ0n) is 18.7. The monoisotopic (exact) mass is 492 g/mol. The molecule has 5 rings (SSSR count). The molecule has 1 N–H and O–H groups in total. The normalized spacial score (nSPS) is 11.3. The molecule has 2 aromatic carbocycles. The van der Waals surface area contributed by atoms with E-state index >= 15 is 0 Å². The molecular formula is C24H21ClN6O2S. The molecule has 5 aromatic rings. The highest BCUT2D eigenvalue weighted by Crippen LogP contribution is 2.29. The summed E-state index contributed by atoms with van der Waals surface area (Å²) in [6.45, 7) is 4.14. The Morgan fingerprint density at radius 2 is 1.97 bits per heavy atom. The van der Waals surface area contributed by atoms with Gasteiger partial charge in [0.1, 0.15) is 11.3 Å². The third-order valence-corrected chi connectivity index (χ3v) is 6.60. The molecule has 3 aromatic heterocycles. The van der Waals surface area contributed by atoms with E-state index < -0.39 is 0 Å². The van der Waals surface area contributed by atoms with Gasteiger partial charge in [-0.15, -0.1) is 10.2 Å². The number of aromatic nitrogens is 5. The third kappa shape index (κ3) is 4.20. The Morgan fingerprint density at radius 3 is 2.79 bits per heavy atom. The molecule has 34 heavy (non-hydrogen) atoms. The number of amides is 1. The van der Waals surface area contributed by atoms with Gasteiger partial charge in [0.15, 0.2) is 10.8 Å². The number of fused-ring (bicyclic) bond motifs is 3. The molecule has 0 aliphatic heterocycles. The van der Waals surface area contributed by atoms with E-state index in [4.69, 9.17) is 21.4 Å². The van der Waals surface area contributed by atoms with Crippen molar-refractivity contribution in [1.29, 1.82) is 0 Å². The topological polar surface area (TPSA) is 85.8 Å². The number of nitrogens with zero attached hydrogens (tertiary/aromatic N) is 5. The lowest BCUT2D eigenvalue weighted by Gasteiger charge is -2.10. The fourth-order valence-corrected chi connectivity index (χ4v) is 4.62. The zero-order valence-corrected chi connectivity index (χ0v) is 20.3. The zero-order chi connectivity index (χ0) is 23.8. The number of benzene rings is 2. The van der Waals surface area contributed by atoms with Gasteiger partial charge in [-0.2, -0.15) is 5.10 Å². The summed E-state index contributed by atoms with van der Waals surface area (Å²) < 4.78 is 8.95. The predicted octanol–water partition coefficient (Wildman–Crippen LogP) is 5.05. The Hall–Kier alpha value is -3.56. The van der Waals surface area contributed by atoms with E-state index in [0.29, 0.717) is 27.3 Å². The Kier molecular flexibility index (Phi) is 5.89. The molecule has 0 spiro atoms. The van der Waals surface area contributed by atoms with E-state index in [0.717, 1.165) is 22.3 Å². The van der Waals surface area contributed by atoms with Crippen LogP contribution in [0.3, 0.4) is 0 Å². The number of carbonyl (C=O) groups excluding carboxylic acids is 1. The van der Waals surface area contributed by atoms with Crippen molar-refractivity contribution in [2.24, 2.45) is 0 Å². The van der Waals surface area contributed by atoms with Crippen LogP contribution in [0.5, 0.6) is 5.75 Å². The molecule has 3 heterocycles. The third-order valence-electron chi connectivity index (χ3n) is 5.42. The number of methoxy groups -OCH3 is 1. The van der Waals surface area contributed by atoms with Crippen LogP contribution in [0.25, 0.3) is 22.4 Å². The number of thioether (sulfide) groups is 1. The summed E-state index contributed by atoms with van der Waals surface area (Å²) >= 11 is 7.34. The molecule has 0 saturated heterocycles. The van der Waals surface area contributed by atoms with Crippen LogP contribution in [-0.4, -0.2) is 43.0 Å². The van der Waals surface area contributed by atoms with Crippen molar-refractivity contribution in [1.82, 2.24) is 24.2 Å². The molecule has 0 aliphatic rings. The van der Waals surface area contributed by atoms with Gasteiger partial charge in [0, 0.05) is 23.0 Å². The average Bonchev–Trinajstić information content (AvgIpc) is 3.43. The van der Waals surface area contributed by atoms with Crippen LogP contribution in [0.4, 0.5) is 5.69 Å². The Labute approximate surface area is 204 Å². The number of anilines is 1. The van der Waals surface area contributed by atoms with Crippen molar-refractivity contribution >= 4 is 46.1 Å². The minimum atomic E-state index is -0.204. The van der Waals surface area contributed by atoms with Crippen molar-refractivity contribution in [2.75, 3.05) is 18.2 Å². The van der Waals surface area contributed by atoms with Gasteiger partial charge < -0.3 is 10.1 Å². The number of hydrogen-bond donors (Lipinski definition) is 1. The molecule has 10 heteroatoms. The summed E-state index contributed by atoms with van der Waals surface area (Å²) in [5.74, 6) is 0.484. The van der Waals surface area contributed by atoms with Crippen LogP contribution >= 0.6 is 23.4 Å². The van der Waals surface area contributed by atoms with E-state index in [1.54, 1.807) is 29.8 Å². The van der Waals surface area contributed by atoms with Crippen LogP contribution in [0.15, 0.2) is 60.0 Å². The first-order chi connectivity index (χ1) is 16.4. The van der Waals surface area contributed by atoms with Crippen LogP contribution in [0, 0.1) is 13.8 Å². The molecule has 172 valence electrons. The van der Waals surface area contributed by atoms with Crippen LogP contribution in [0.1, 0.15) is 11.1 Å². The molecule has 8 nitrogen and oxygen atoms in total. The Balaban J connectivity index is 1.38. The molecule has 0 saturated carbocycles. The van der Waals surface area contributed by atoms with Gasteiger partial charge in [-0.25, -0.2) is 4.52 Å². The molecule has 0 atom stereocenters. The molecule has 0 fully saturated rings. The number of rotatable bonds is 6. The van der Waals surface area contributed by atoms with Crippen molar-refractivity contribution in [3.63, 3.8) is 0 Å². The summed E-state index contributed by atoms with van der Waals surface area (Å²) in [5, 5.41) is 17.3. The molecule has 0 aliphatic carbocycles. The van der Waals surface area contributed by atoms with Gasteiger partial charge in [-0.05, 0) is 49.7 Å². The predicted molar refractivity (Wildman–Crippen MR) is 134 cm³/mol. The number of halogens is 1. The van der Waals surface area contributed by atoms with E-state index in [9.17, 15) is 4.79 Å². The van der Waals surface area contributed by atoms with Gasteiger partial charge in [0.05, 0.1) is 24.2 Å². The molecule has 0 unspecified atom stereocenters. The van der Waals surface area contributed by atoms with Crippen LogP contribution < -0.4 is 10.1 Å². The summed E-state index contributed by atoms with van der Waals surface area (Å²) in [6, 6.07) is 13.4. The fraction of sp³-hybridized carbons (Fsp3) is 0.167. The molecule has 0 bridgehead atoms. The summed E-state index contributed by atoms with van der Waals surface area (Å²) in [6.07, 6.45) is 3.71. The maximum absolute atomic E-state index is 12.6. The molecule has 1 amide bonds. The second-order valence-corrected chi connectivity index (χ2v) is 9.21. The molecule has 0 radical (unpaired) electrons. The number of carbonyl (C=O) groups is 1. The highest BCUT2D eigenvalue weighted by Gasteiger charge is 2.16. The number of ether oxygens (including phenoxy) is 1. The Bertz CT molecular complexity index is 1540. The van der Waals surface area contributed by atoms with Gasteiger partial charge in [0.2, 0.25) is 5.91 Å². The first-order valence-electron chi connectivity index (χ1n) is 10.5. The lowest BCUT2D eigenvalue weighted by molar-refractivity contribution is -0.113. The van der Waals surface area contributed by atoms with Crippen molar-refractivity contribution in [3.8, 4) is 17.0 Å². The van der Waals surface area contributed by atoms with Crippen LogP contribution in [-0.2, 0) is 4.79 Å². The second kappa shape index (κ2) is 9.00. The maximum atomic E-state index is 12.6. The van der Waals surface area contributed by atoms with Crippen molar-refractivity contribution < 1.29 is 9.53 Å². The highest BCUT2D eigenvalue weighted by atomic mass is 35.5. The fourth-order valence-electron chi connectivity index (χ4n) is 3.73. The van der Waals surface area contributed by atoms with Gasteiger partial charge in [-0.3, -0.25) is 9.20 Å². The lowest BCUT2D eigenvalue weighted by Crippen LogP contribution is -2.15. The number of aryl methyl sites for hydroxylation is 2. The van der Waals surface area contributed by atoms with E-state index in [1.807, 2.05) is 22.9 Å². The standard InChI is InChI=1S/C24H21ClN6O2S/c1-14-4-5-15(2)17(10-14)18-12-20-23-27-28-24(30(23)8-9-31(20)29-18)34-13-22(32)26-19-11-16(25)6-7-21(19)33-3/h4-12H,13H2,1-3H3,(H,26,32). The SMILES string of the molecule is COc1ccc(Cl)cc1NC(=O)CSc1nnc2c3cc(-c4cc(C)ccc4C)nn3ccn12. The van der Waals surface area contributed by atoms with E-state index in [1.165, 1.54) is 17.3 Å². The van der Waals surface area contributed by atoms with Crippen molar-refractivity contribution in [2.45, 2.75) is 19.0 Å². The van der Waals surface area contributed by atoms with Gasteiger partial charge >= 0.3 is 0 Å². The van der Waals surface area contributed by atoms with Crippen molar-refractivity contribution in [3.05, 3.63) is 71.0 Å². The number of hydrogen-bond acceptors (Lipinski definition) is 6. The first kappa shape index (κ1) is 22.2. The van der Waals surface area contributed by atoms with Gasteiger partial charge in [0.25, 0.3) is 0 Å². The largest absolute Gasteiger partial charge is 0.495 e. The first-order valence-corrected chi connectivity index (χ1v) is 11.9. The van der Waals surface area contributed by atoms with Gasteiger partial charge in [-0.1, -0.05) is 41.1 Å². The quantitative estimate of drug-likeness (QED) is 0.334. The highest BCUT2D eigenvalue weighted by molar-refractivity contribution is 7.99. The minimum Gasteiger partial charge on any atom is -0.495 e. The van der Waals surface area contributed by atoms with E-state index in [2.05, 4.69) is 47.6 Å². The average molecular weight is 493 g/mol. The summed E-state index contributed by atoms with van der Waals surface area (Å²) in [5.41, 5.74) is 6.33.